The van der Waals surface area contributed by atoms with E-state index in [1.807, 2.05) is 72.8 Å². The van der Waals surface area contributed by atoms with Gasteiger partial charge in [-0.3, -0.25) is 0 Å². The van der Waals surface area contributed by atoms with Crippen LogP contribution in [0, 0.1) is 0 Å². The lowest BCUT2D eigenvalue weighted by Crippen LogP contribution is -1.99. The number of hydrogen-bond donors (Lipinski definition) is 0. The van der Waals surface area contributed by atoms with Crippen molar-refractivity contribution in [2.45, 2.75) is 0 Å². The fraction of sp³-hybridized carbons (Fsp3) is 0. The standard InChI is InChI=1S/C21H14BrNO/c22-17-11-12-20-19(13-17)23-18(15-7-3-1-4-8-15)14-21(24-20)16-9-5-2-6-10-16/h1-14H. The molecular weight excluding hydrogens is 362 g/mol. The van der Waals surface area contributed by atoms with Gasteiger partial charge in [-0.25, -0.2) is 4.99 Å². The SMILES string of the molecule is Brc1ccc2c(c1)N=C(c1ccccc1)C=C(c1ccccc1)O2. The molecule has 1 aliphatic heterocycles. The Morgan fingerprint density at radius 2 is 1.42 bits per heavy atom. The van der Waals surface area contributed by atoms with Crippen LogP contribution in [-0.4, -0.2) is 5.71 Å². The molecule has 1 heterocycles. The Bertz CT molecular complexity index is 931. The molecule has 3 heteroatoms. The third-order valence-corrected chi connectivity index (χ3v) is 4.27. The Balaban J connectivity index is 1.90. The Hall–Kier alpha value is -2.65. The average Bonchev–Trinajstić information content (AvgIpc) is 2.82. The number of fused-ring (bicyclic) bond motifs is 1. The van der Waals surface area contributed by atoms with Crippen LogP contribution in [0.15, 0.2) is 94.4 Å². The lowest BCUT2D eigenvalue weighted by atomic mass is 10.1. The maximum absolute atomic E-state index is 6.18. The van der Waals surface area contributed by atoms with Gasteiger partial charge in [-0.1, -0.05) is 76.6 Å². The predicted molar refractivity (Wildman–Crippen MR) is 102 cm³/mol. The molecule has 4 rings (SSSR count). The molecule has 0 amide bonds. The number of aliphatic imine (C=N–C) groups is 1. The molecule has 0 bridgehead atoms. The molecule has 0 aromatic heterocycles. The normalized spacial score (nSPS) is 13.2. The van der Waals surface area contributed by atoms with Crippen molar-refractivity contribution in [2.24, 2.45) is 4.99 Å². The minimum Gasteiger partial charge on any atom is -0.454 e. The first-order valence-electron chi connectivity index (χ1n) is 7.68. The highest BCUT2D eigenvalue weighted by atomic mass is 79.9. The van der Waals surface area contributed by atoms with Crippen LogP contribution in [0.2, 0.25) is 0 Å². The van der Waals surface area contributed by atoms with Crippen LogP contribution >= 0.6 is 15.9 Å². The van der Waals surface area contributed by atoms with Crippen molar-refractivity contribution in [1.29, 1.82) is 0 Å². The maximum Gasteiger partial charge on any atom is 0.153 e. The largest absolute Gasteiger partial charge is 0.454 e. The smallest absolute Gasteiger partial charge is 0.153 e. The van der Waals surface area contributed by atoms with E-state index in [2.05, 4.69) is 28.1 Å². The molecule has 0 radical (unpaired) electrons. The molecule has 0 atom stereocenters. The van der Waals surface area contributed by atoms with Crippen LogP contribution < -0.4 is 4.74 Å². The highest BCUT2D eigenvalue weighted by molar-refractivity contribution is 9.10. The summed E-state index contributed by atoms with van der Waals surface area (Å²) in [6.45, 7) is 0. The zero-order chi connectivity index (χ0) is 16.4. The molecule has 0 N–H and O–H groups in total. The van der Waals surface area contributed by atoms with E-state index in [0.29, 0.717) is 0 Å². The molecule has 3 aromatic carbocycles. The van der Waals surface area contributed by atoms with Crippen molar-refractivity contribution < 1.29 is 4.74 Å². The summed E-state index contributed by atoms with van der Waals surface area (Å²) in [6.07, 6.45) is 2.00. The van der Waals surface area contributed by atoms with Gasteiger partial charge in [0.1, 0.15) is 11.4 Å². The summed E-state index contributed by atoms with van der Waals surface area (Å²) in [6, 6.07) is 26.1. The molecule has 0 aliphatic carbocycles. The van der Waals surface area contributed by atoms with Gasteiger partial charge < -0.3 is 4.74 Å². The van der Waals surface area contributed by atoms with Gasteiger partial charge in [0.25, 0.3) is 0 Å². The second-order valence-electron chi connectivity index (χ2n) is 5.45. The zero-order valence-electron chi connectivity index (χ0n) is 12.8. The van der Waals surface area contributed by atoms with Crippen molar-refractivity contribution in [1.82, 2.24) is 0 Å². The van der Waals surface area contributed by atoms with E-state index >= 15 is 0 Å². The number of halogens is 1. The fourth-order valence-corrected chi connectivity index (χ4v) is 2.95. The Kier molecular flexibility index (Phi) is 4.01. The van der Waals surface area contributed by atoms with Crippen LogP contribution in [-0.2, 0) is 0 Å². The van der Waals surface area contributed by atoms with Crippen molar-refractivity contribution in [3.05, 3.63) is 101 Å². The first kappa shape index (κ1) is 14.9. The van der Waals surface area contributed by atoms with Crippen molar-refractivity contribution in [3.8, 4) is 5.75 Å². The first-order valence-corrected chi connectivity index (χ1v) is 8.47. The van der Waals surface area contributed by atoms with Crippen molar-refractivity contribution >= 4 is 33.1 Å². The lowest BCUT2D eigenvalue weighted by Gasteiger charge is -2.10. The molecule has 0 saturated heterocycles. The quantitative estimate of drug-likeness (QED) is 0.537. The fourth-order valence-electron chi connectivity index (χ4n) is 2.60. The minimum atomic E-state index is 0.749. The summed E-state index contributed by atoms with van der Waals surface area (Å²) < 4.78 is 7.15. The van der Waals surface area contributed by atoms with E-state index in [0.717, 1.165) is 38.5 Å². The number of benzene rings is 3. The van der Waals surface area contributed by atoms with Crippen molar-refractivity contribution in [2.75, 3.05) is 0 Å². The van der Waals surface area contributed by atoms with Gasteiger partial charge in [-0.15, -0.1) is 0 Å². The van der Waals surface area contributed by atoms with Gasteiger partial charge in [-0.05, 0) is 18.2 Å². The Labute approximate surface area is 149 Å². The highest BCUT2D eigenvalue weighted by Crippen LogP contribution is 2.36. The summed E-state index contributed by atoms with van der Waals surface area (Å²) in [5.41, 5.74) is 3.77. The molecular formula is C21H14BrNO. The van der Waals surface area contributed by atoms with E-state index in [4.69, 9.17) is 9.73 Å². The third-order valence-electron chi connectivity index (χ3n) is 3.78. The molecule has 0 fully saturated rings. The van der Waals surface area contributed by atoms with Gasteiger partial charge in [0.15, 0.2) is 5.75 Å². The molecule has 3 aromatic rings. The Morgan fingerprint density at radius 1 is 0.750 bits per heavy atom. The van der Waals surface area contributed by atoms with Crippen molar-refractivity contribution in [3.63, 3.8) is 0 Å². The molecule has 0 saturated carbocycles. The summed E-state index contributed by atoms with van der Waals surface area (Å²) in [5.74, 6) is 1.54. The number of hydrogen-bond acceptors (Lipinski definition) is 2. The molecule has 1 aliphatic rings. The van der Waals surface area contributed by atoms with Crippen LogP contribution in [0.4, 0.5) is 5.69 Å². The second kappa shape index (κ2) is 6.46. The molecule has 116 valence electrons. The molecule has 24 heavy (non-hydrogen) atoms. The van der Waals surface area contributed by atoms with Crippen LogP contribution in [0.5, 0.6) is 5.75 Å². The highest BCUT2D eigenvalue weighted by Gasteiger charge is 2.15. The maximum atomic E-state index is 6.18. The van der Waals surface area contributed by atoms with Crippen LogP contribution in [0.1, 0.15) is 11.1 Å². The number of ether oxygens (including phenoxy) is 1. The second-order valence-corrected chi connectivity index (χ2v) is 6.37. The van der Waals surface area contributed by atoms with Crippen LogP contribution in [0.3, 0.4) is 0 Å². The topological polar surface area (TPSA) is 21.6 Å². The number of nitrogens with zero attached hydrogens (tertiary/aromatic N) is 1. The van der Waals surface area contributed by atoms with E-state index in [1.54, 1.807) is 0 Å². The average molecular weight is 376 g/mol. The molecule has 0 unspecified atom stereocenters. The summed E-state index contributed by atoms with van der Waals surface area (Å²) in [7, 11) is 0. The van der Waals surface area contributed by atoms with E-state index in [-0.39, 0.29) is 0 Å². The van der Waals surface area contributed by atoms with E-state index in [1.165, 1.54) is 0 Å². The monoisotopic (exact) mass is 375 g/mol. The van der Waals surface area contributed by atoms with Gasteiger partial charge in [0.05, 0.1) is 5.71 Å². The van der Waals surface area contributed by atoms with E-state index in [9.17, 15) is 0 Å². The van der Waals surface area contributed by atoms with Gasteiger partial charge in [0, 0.05) is 21.7 Å². The number of rotatable bonds is 2. The summed E-state index contributed by atoms with van der Waals surface area (Å²) in [5, 5.41) is 0. The van der Waals surface area contributed by atoms with Crippen LogP contribution in [0.25, 0.3) is 5.76 Å². The number of allylic oxidation sites excluding steroid dienone is 1. The third kappa shape index (κ3) is 3.03. The molecule has 0 spiro atoms. The predicted octanol–water partition coefficient (Wildman–Crippen LogP) is 6.00. The minimum absolute atomic E-state index is 0.749. The van der Waals surface area contributed by atoms with Gasteiger partial charge >= 0.3 is 0 Å². The summed E-state index contributed by atoms with van der Waals surface area (Å²) >= 11 is 3.51. The van der Waals surface area contributed by atoms with Gasteiger partial charge in [0.2, 0.25) is 0 Å². The zero-order valence-corrected chi connectivity index (χ0v) is 14.4. The lowest BCUT2D eigenvalue weighted by molar-refractivity contribution is 0.518. The first-order chi connectivity index (χ1) is 11.8. The molecule has 2 nitrogen and oxygen atoms in total. The van der Waals surface area contributed by atoms with Gasteiger partial charge in [-0.2, -0.15) is 0 Å². The van der Waals surface area contributed by atoms with E-state index < -0.39 is 0 Å². The Morgan fingerprint density at radius 3 is 2.12 bits per heavy atom. The summed E-state index contributed by atoms with van der Waals surface area (Å²) in [4.78, 5) is 4.83.